The second kappa shape index (κ2) is 9.81. The van der Waals surface area contributed by atoms with Gasteiger partial charge in [0.25, 0.3) is 0 Å². The SMILES string of the molecule is O=C(CSc1nc2ccc(NC(=O)C3CCCCC3)cc2s1)Nc1ccccc1Cl. The predicted octanol–water partition coefficient (Wildman–Crippen LogP) is 6.20. The second-order valence-corrected chi connectivity index (χ2v) is 9.96. The van der Waals surface area contributed by atoms with E-state index in [9.17, 15) is 9.59 Å². The maximum Gasteiger partial charge on any atom is 0.234 e. The van der Waals surface area contributed by atoms with Crippen LogP contribution in [0.15, 0.2) is 46.8 Å². The largest absolute Gasteiger partial charge is 0.326 e. The van der Waals surface area contributed by atoms with Crippen molar-refractivity contribution in [2.45, 2.75) is 36.4 Å². The number of anilines is 2. The van der Waals surface area contributed by atoms with E-state index in [4.69, 9.17) is 11.6 Å². The first-order valence-electron chi connectivity index (χ1n) is 9.97. The lowest BCUT2D eigenvalue weighted by atomic mass is 9.88. The van der Waals surface area contributed by atoms with Gasteiger partial charge in [-0.15, -0.1) is 11.3 Å². The van der Waals surface area contributed by atoms with Gasteiger partial charge < -0.3 is 10.6 Å². The van der Waals surface area contributed by atoms with Crippen LogP contribution in [0.4, 0.5) is 11.4 Å². The van der Waals surface area contributed by atoms with Crippen molar-refractivity contribution in [1.82, 2.24) is 4.98 Å². The van der Waals surface area contributed by atoms with Gasteiger partial charge in [-0.1, -0.05) is 54.8 Å². The topological polar surface area (TPSA) is 71.1 Å². The third kappa shape index (κ3) is 5.33. The zero-order valence-electron chi connectivity index (χ0n) is 16.3. The number of fused-ring (bicyclic) bond motifs is 1. The molecule has 1 aromatic heterocycles. The van der Waals surface area contributed by atoms with Crippen molar-refractivity contribution in [3.05, 3.63) is 47.5 Å². The molecule has 1 heterocycles. The highest BCUT2D eigenvalue weighted by atomic mass is 35.5. The summed E-state index contributed by atoms with van der Waals surface area (Å²) in [5.74, 6) is 0.354. The van der Waals surface area contributed by atoms with Crippen LogP contribution < -0.4 is 10.6 Å². The highest BCUT2D eigenvalue weighted by Gasteiger charge is 2.21. The van der Waals surface area contributed by atoms with Crippen LogP contribution in [0.25, 0.3) is 10.2 Å². The smallest absolute Gasteiger partial charge is 0.234 e. The van der Waals surface area contributed by atoms with Gasteiger partial charge in [0.05, 0.1) is 26.7 Å². The van der Waals surface area contributed by atoms with Gasteiger partial charge in [0.1, 0.15) is 0 Å². The zero-order valence-corrected chi connectivity index (χ0v) is 18.7. The van der Waals surface area contributed by atoms with E-state index in [0.717, 1.165) is 45.9 Å². The Labute approximate surface area is 188 Å². The second-order valence-electron chi connectivity index (χ2n) is 7.30. The molecule has 0 atom stereocenters. The number of rotatable bonds is 6. The maximum absolute atomic E-state index is 12.5. The summed E-state index contributed by atoms with van der Waals surface area (Å²) >= 11 is 8.98. The van der Waals surface area contributed by atoms with Crippen LogP contribution in [-0.4, -0.2) is 22.6 Å². The number of thiazole rings is 1. The molecule has 2 amide bonds. The van der Waals surface area contributed by atoms with Gasteiger partial charge >= 0.3 is 0 Å². The van der Waals surface area contributed by atoms with Crippen molar-refractivity contribution >= 4 is 68.1 Å². The Hall–Kier alpha value is -2.09. The van der Waals surface area contributed by atoms with Gasteiger partial charge in [-0.05, 0) is 43.2 Å². The Morgan fingerprint density at radius 1 is 1.10 bits per heavy atom. The number of hydrogen-bond acceptors (Lipinski definition) is 5. The predicted molar refractivity (Wildman–Crippen MR) is 126 cm³/mol. The first-order valence-corrected chi connectivity index (χ1v) is 12.1. The van der Waals surface area contributed by atoms with Crippen LogP contribution in [0.1, 0.15) is 32.1 Å². The molecule has 4 rings (SSSR count). The van der Waals surface area contributed by atoms with E-state index in [0.29, 0.717) is 10.7 Å². The molecule has 0 saturated heterocycles. The van der Waals surface area contributed by atoms with Crippen molar-refractivity contribution in [1.29, 1.82) is 0 Å². The molecule has 0 radical (unpaired) electrons. The standard InChI is InChI=1S/C22H22ClN3O2S2/c23-16-8-4-5-9-17(16)25-20(27)13-29-22-26-18-11-10-15(12-19(18)30-22)24-21(28)14-6-2-1-3-7-14/h4-5,8-12,14H,1-3,6-7,13H2,(H,24,28)(H,25,27). The number of para-hydroxylation sites is 1. The molecule has 1 aliphatic rings. The Morgan fingerprint density at radius 3 is 2.70 bits per heavy atom. The quantitative estimate of drug-likeness (QED) is 0.430. The molecule has 0 aliphatic heterocycles. The molecule has 8 heteroatoms. The van der Waals surface area contributed by atoms with Crippen molar-refractivity contribution in [2.75, 3.05) is 16.4 Å². The van der Waals surface area contributed by atoms with Crippen LogP contribution in [0.5, 0.6) is 0 Å². The fourth-order valence-electron chi connectivity index (χ4n) is 3.53. The minimum Gasteiger partial charge on any atom is -0.326 e. The normalized spacial score (nSPS) is 14.6. The molecule has 1 saturated carbocycles. The van der Waals surface area contributed by atoms with Gasteiger partial charge in [-0.3, -0.25) is 9.59 Å². The Bertz CT molecular complexity index is 1060. The van der Waals surface area contributed by atoms with Gasteiger partial charge in [0.15, 0.2) is 4.34 Å². The lowest BCUT2D eigenvalue weighted by Gasteiger charge is -2.20. The summed E-state index contributed by atoms with van der Waals surface area (Å²) in [4.78, 5) is 29.3. The molecular formula is C22H22ClN3O2S2. The summed E-state index contributed by atoms with van der Waals surface area (Å²) in [6.07, 6.45) is 5.46. The molecule has 3 aromatic rings. The summed E-state index contributed by atoms with van der Waals surface area (Å²) in [5, 5.41) is 6.38. The number of nitrogens with zero attached hydrogens (tertiary/aromatic N) is 1. The molecule has 2 aromatic carbocycles. The molecule has 2 N–H and O–H groups in total. The van der Waals surface area contributed by atoms with E-state index in [1.54, 1.807) is 12.1 Å². The Balaban J connectivity index is 1.35. The average Bonchev–Trinajstić information content (AvgIpc) is 3.17. The molecule has 5 nitrogen and oxygen atoms in total. The van der Waals surface area contributed by atoms with Gasteiger partial charge in [0.2, 0.25) is 11.8 Å². The third-order valence-corrected chi connectivity index (χ3v) is 7.58. The van der Waals surface area contributed by atoms with Crippen LogP contribution in [0.3, 0.4) is 0 Å². The summed E-state index contributed by atoms with van der Waals surface area (Å²) in [5.41, 5.74) is 2.27. The molecule has 0 unspecified atom stereocenters. The number of benzene rings is 2. The number of nitrogens with one attached hydrogen (secondary N) is 2. The number of thioether (sulfide) groups is 1. The molecular weight excluding hydrogens is 438 g/mol. The number of carbonyl (C=O) groups is 2. The van der Waals surface area contributed by atoms with Crippen LogP contribution in [-0.2, 0) is 9.59 Å². The van der Waals surface area contributed by atoms with Crippen molar-refractivity contribution < 1.29 is 9.59 Å². The van der Waals surface area contributed by atoms with Crippen molar-refractivity contribution in [2.24, 2.45) is 5.92 Å². The summed E-state index contributed by atoms with van der Waals surface area (Å²) in [6.45, 7) is 0. The first kappa shape index (κ1) is 21.2. The third-order valence-electron chi connectivity index (χ3n) is 5.09. The lowest BCUT2D eigenvalue weighted by Crippen LogP contribution is -2.24. The number of hydrogen-bond donors (Lipinski definition) is 2. The summed E-state index contributed by atoms with van der Waals surface area (Å²) in [7, 11) is 0. The molecule has 1 aliphatic carbocycles. The number of amides is 2. The summed E-state index contributed by atoms with van der Waals surface area (Å²) < 4.78 is 1.81. The fourth-order valence-corrected chi connectivity index (χ4v) is 5.62. The first-order chi connectivity index (χ1) is 14.6. The lowest BCUT2D eigenvalue weighted by molar-refractivity contribution is -0.120. The highest BCUT2D eigenvalue weighted by molar-refractivity contribution is 8.01. The number of aromatic nitrogens is 1. The molecule has 1 fully saturated rings. The number of halogens is 1. The van der Waals surface area contributed by atoms with Crippen LogP contribution in [0, 0.1) is 5.92 Å². The van der Waals surface area contributed by atoms with Crippen LogP contribution >= 0.6 is 34.7 Å². The minimum atomic E-state index is -0.132. The molecule has 30 heavy (non-hydrogen) atoms. The fraction of sp³-hybridized carbons (Fsp3) is 0.318. The van der Waals surface area contributed by atoms with E-state index in [-0.39, 0.29) is 23.5 Å². The van der Waals surface area contributed by atoms with E-state index in [1.807, 2.05) is 30.3 Å². The van der Waals surface area contributed by atoms with E-state index in [1.165, 1.54) is 29.5 Å². The number of carbonyl (C=O) groups excluding carboxylic acids is 2. The monoisotopic (exact) mass is 459 g/mol. The van der Waals surface area contributed by atoms with Gasteiger partial charge in [0, 0.05) is 11.6 Å². The van der Waals surface area contributed by atoms with Gasteiger partial charge in [-0.2, -0.15) is 0 Å². The Kier molecular flexibility index (Phi) is 6.92. The molecule has 0 spiro atoms. The van der Waals surface area contributed by atoms with Crippen molar-refractivity contribution in [3.8, 4) is 0 Å². The molecule has 0 bridgehead atoms. The van der Waals surface area contributed by atoms with E-state index >= 15 is 0 Å². The minimum absolute atomic E-state index is 0.115. The highest BCUT2D eigenvalue weighted by Crippen LogP contribution is 2.32. The zero-order chi connectivity index (χ0) is 20.9. The van der Waals surface area contributed by atoms with E-state index < -0.39 is 0 Å². The van der Waals surface area contributed by atoms with E-state index in [2.05, 4.69) is 15.6 Å². The van der Waals surface area contributed by atoms with Crippen LogP contribution in [0.2, 0.25) is 5.02 Å². The van der Waals surface area contributed by atoms with Crippen molar-refractivity contribution in [3.63, 3.8) is 0 Å². The van der Waals surface area contributed by atoms with Gasteiger partial charge in [-0.25, -0.2) is 4.98 Å². The molecule has 156 valence electrons. The summed E-state index contributed by atoms with van der Waals surface area (Å²) in [6, 6.07) is 12.9. The maximum atomic E-state index is 12.5. The Morgan fingerprint density at radius 2 is 1.90 bits per heavy atom. The average molecular weight is 460 g/mol.